The van der Waals surface area contributed by atoms with Crippen LogP contribution in [0.3, 0.4) is 0 Å². The van der Waals surface area contributed by atoms with Crippen LogP contribution in [0.1, 0.15) is 18.2 Å². The molecule has 2 aliphatic rings. The number of phosphoric acid groups is 1. The van der Waals surface area contributed by atoms with Crippen molar-refractivity contribution >= 4 is 7.82 Å². The largest absolute Gasteiger partial charge is 0.472 e. The Morgan fingerprint density at radius 3 is 2.59 bits per heavy atom. The molecule has 3 heterocycles. The average Bonchev–Trinajstić information content (AvgIpc) is 3.25. The van der Waals surface area contributed by atoms with Gasteiger partial charge in [0.2, 0.25) is 0 Å². The number of aromatic amines is 1. The molecule has 2 aliphatic heterocycles. The summed E-state index contributed by atoms with van der Waals surface area (Å²) in [7, 11) is -4.67. The maximum atomic E-state index is 12.2. The molecular formula is C18H28N5O13P. The van der Waals surface area contributed by atoms with Gasteiger partial charge in [0.1, 0.15) is 30.6 Å². The second-order valence-corrected chi connectivity index (χ2v) is 9.73. The molecule has 3 rings (SSSR count). The molecule has 0 amide bonds. The summed E-state index contributed by atoms with van der Waals surface area (Å²) >= 11 is 0. The lowest BCUT2D eigenvalue weighted by molar-refractivity contribution is -0.301. The van der Waals surface area contributed by atoms with Crippen molar-refractivity contribution in [2.24, 2.45) is 5.11 Å². The van der Waals surface area contributed by atoms with Crippen molar-refractivity contribution in [1.29, 1.82) is 0 Å². The number of aryl methyl sites for hydroxylation is 1. The molecule has 1 unspecified atom stereocenters. The standard InChI is InChI=1S/C18H28N5O13P/c1-8-5-23(18(29)20-16(8)28)12-4-9(21-22-19)11(35-12)7-34-37(30,31)33-3-2-32-17-15(27)14(26)13(25)10(6-24)36-17/h5,9-15,17,24-27H,2-4,6-7H2,1H3,(H,30,31)(H,20,28,29)/t9-,10+,11+,12+,13+,14-,15-,17-/m0/s1. The van der Waals surface area contributed by atoms with Gasteiger partial charge in [0.25, 0.3) is 5.56 Å². The van der Waals surface area contributed by atoms with Crippen LogP contribution in [0.4, 0.5) is 0 Å². The van der Waals surface area contributed by atoms with Crippen LogP contribution < -0.4 is 11.2 Å². The average molecular weight is 553 g/mol. The van der Waals surface area contributed by atoms with Gasteiger partial charge in [-0.15, -0.1) is 0 Å². The molecule has 208 valence electrons. The summed E-state index contributed by atoms with van der Waals surface area (Å²) < 4.78 is 39.0. The van der Waals surface area contributed by atoms with Gasteiger partial charge in [-0.25, -0.2) is 9.36 Å². The minimum absolute atomic E-state index is 0.0208. The fourth-order valence-corrected chi connectivity index (χ4v) is 4.47. The van der Waals surface area contributed by atoms with Crippen molar-refractivity contribution in [2.75, 3.05) is 26.4 Å². The highest BCUT2D eigenvalue weighted by atomic mass is 31.2. The smallest absolute Gasteiger partial charge is 0.394 e. The number of azide groups is 1. The fourth-order valence-electron chi connectivity index (χ4n) is 3.75. The van der Waals surface area contributed by atoms with Crippen LogP contribution in [0.5, 0.6) is 0 Å². The number of rotatable bonds is 11. The van der Waals surface area contributed by atoms with Crippen LogP contribution in [0.15, 0.2) is 20.9 Å². The van der Waals surface area contributed by atoms with Crippen LogP contribution in [-0.4, -0.2) is 104 Å². The zero-order valence-corrected chi connectivity index (χ0v) is 20.4. The monoisotopic (exact) mass is 553 g/mol. The number of aliphatic hydroxyl groups is 4. The third-order valence-electron chi connectivity index (χ3n) is 5.73. The predicted molar refractivity (Wildman–Crippen MR) is 119 cm³/mol. The Morgan fingerprint density at radius 2 is 1.92 bits per heavy atom. The van der Waals surface area contributed by atoms with E-state index >= 15 is 0 Å². The van der Waals surface area contributed by atoms with Gasteiger partial charge >= 0.3 is 13.5 Å². The molecule has 19 heteroatoms. The first-order chi connectivity index (χ1) is 17.5. The number of nitrogens with one attached hydrogen (secondary N) is 1. The summed E-state index contributed by atoms with van der Waals surface area (Å²) in [6, 6.07) is -0.872. The van der Waals surface area contributed by atoms with E-state index in [1.807, 2.05) is 0 Å². The highest BCUT2D eigenvalue weighted by Gasteiger charge is 2.44. The van der Waals surface area contributed by atoms with Crippen molar-refractivity contribution in [3.05, 3.63) is 43.0 Å². The highest BCUT2D eigenvalue weighted by molar-refractivity contribution is 7.47. The number of hydrogen-bond acceptors (Lipinski definition) is 13. The number of phosphoric ester groups is 1. The lowest BCUT2D eigenvalue weighted by Gasteiger charge is -2.39. The van der Waals surface area contributed by atoms with E-state index in [4.69, 9.17) is 33.9 Å². The van der Waals surface area contributed by atoms with Gasteiger partial charge < -0.3 is 39.5 Å². The van der Waals surface area contributed by atoms with Crippen molar-refractivity contribution in [3.8, 4) is 0 Å². The molecule has 0 spiro atoms. The van der Waals surface area contributed by atoms with E-state index in [9.17, 15) is 34.4 Å². The van der Waals surface area contributed by atoms with E-state index < -0.39 is 94.6 Å². The maximum absolute atomic E-state index is 12.2. The molecule has 0 saturated carbocycles. The highest BCUT2D eigenvalue weighted by Crippen LogP contribution is 2.44. The topological polar surface area (TPSA) is 268 Å². The molecule has 0 aliphatic carbocycles. The first-order valence-electron chi connectivity index (χ1n) is 11.0. The summed E-state index contributed by atoms with van der Waals surface area (Å²) in [6.07, 6.45) is -8.20. The second-order valence-electron chi connectivity index (χ2n) is 8.28. The van der Waals surface area contributed by atoms with Crippen molar-refractivity contribution in [2.45, 2.75) is 62.4 Å². The number of ether oxygens (including phenoxy) is 3. The molecule has 37 heavy (non-hydrogen) atoms. The SMILES string of the molecule is Cc1cn([C@H]2C[C@H](N=[N+]=[N-])[C@@H](COP(=O)(O)OCCO[C@H]3O[C@H](CO)[C@@H](O)[C@H](O)[C@@H]3O)O2)c(=O)[nH]c1=O. The lowest BCUT2D eigenvalue weighted by atomic mass is 9.99. The van der Waals surface area contributed by atoms with E-state index in [1.54, 1.807) is 0 Å². The Kier molecular flexibility index (Phi) is 9.99. The van der Waals surface area contributed by atoms with E-state index in [1.165, 1.54) is 13.1 Å². The number of H-pyrrole nitrogens is 1. The Labute approximate surface area is 208 Å². The first-order valence-corrected chi connectivity index (χ1v) is 12.5. The normalized spacial score (nSPS) is 33.6. The molecule has 6 N–H and O–H groups in total. The van der Waals surface area contributed by atoms with Crippen LogP contribution in [0.25, 0.3) is 10.4 Å². The fraction of sp³-hybridized carbons (Fsp3) is 0.778. The van der Waals surface area contributed by atoms with Gasteiger partial charge in [0, 0.05) is 23.1 Å². The van der Waals surface area contributed by atoms with Crippen molar-refractivity contribution in [1.82, 2.24) is 9.55 Å². The number of hydrogen-bond donors (Lipinski definition) is 6. The molecule has 1 aromatic heterocycles. The van der Waals surface area contributed by atoms with Gasteiger partial charge in [-0.05, 0) is 12.5 Å². The Hall–Kier alpha value is -2.18. The molecule has 1 aromatic rings. The molecule has 0 aromatic carbocycles. The van der Waals surface area contributed by atoms with E-state index in [0.717, 1.165) is 4.57 Å². The lowest BCUT2D eigenvalue weighted by Crippen LogP contribution is -2.59. The predicted octanol–water partition coefficient (Wildman–Crippen LogP) is -2.24. The zero-order valence-electron chi connectivity index (χ0n) is 19.5. The van der Waals surface area contributed by atoms with Gasteiger partial charge in [-0.3, -0.25) is 23.4 Å². The minimum Gasteiger partial charge on any atom is -0.394 e. The maximum Gasteiger partial charge on any atom is 0.472 e. The summed E-state index contributed by atoms with van der Waals surface area (Å²) in [5, 5.41) is 42.1. The van der Waals surface area contributed by atoms with Crippen LogP contribution in [-0.2, 0) is 27.8 Å². The zero-order chi connectivity index (χ0) is 27.3. The Balaban J connectivity index is 1.51. The summed E-state index contributed by atoms with van der Waals surface area (Å²) in [4.78, 5) is 38.5. The number of aromatic nitrogens is 2. The Morgan fingerprint density at radius 1 is 1.19 bits per heavy atom. The summed E-state index contributed by atoms with van der Waals surface area (Å²) in [5.41, 5.74) is 7.74. The molecule has 0 radical (unpaired) electrons. The quantitative estimate of drug-likeness (QED) is 0.0557. The molecule has 0 bridgehead atoms. The molecule has 18 nitrogen and oxygen atoms in total. The molecule has 9 atom stereocenters. The number of aliphatic hydroxyl groups excluding tert-OH is 4. The third-order valence-corrected chi connectivity index (χ3v) is 6.71. The van der Waals surface area contributed by atoms with E-state index in [2.05, 4.69) is 15.0 Å². The molecule has 2 fully saturated rings. The van der Waals surface area contributed by atoms with Gasteiger partial charge in [0.05, 0.1) is 38.6 Å². The van der Waals surface area contributed by atoms with Crippen LogP contribution in [0.2, 0.25) is 0 Å². The van der Waals surface area contributed by atoms with Crippen LogP contribution in [0, 0.1) is 6.92 Å². The van der Waals surface area contributed by atoms with Gasteiger partial charge in [-0.2, -0.15) is 0 Å². The summed E-state index contributed by atoms with van der Waals surface area (Å²) in [6.45, 7) is -0.663. The minimum atomic E-state index is -4.67. The van der Waals surface area contributed by atoms with Crippen molar-refractivity contribution < 1.29 is 53.1 Å². The molecule has 2 saturated heterocycles. The Bertz CT molecular complexity index is 1140. The summed E-state index contributed by atoms with van der Waals surface area (Å²) in [5.74, 6) is 0. The first kappa shape index (κ1) is 29.4. The third kappa shape index (κ3) is 7.23. The van der Waals surface area contributed by atoms with E-state index in [0.29, 0.717) is 0 Å². The molecular weight excluding hydrogens is 525 g/mol. The van der Waals surface area contributed by atoms with Gasteiger partial charge in [0.15, 0.2) is 6.29 Å². The van der Waals surface area contributed by atoms with Crippen molar-refractivity contribution in [3.63, 3.8) is 0 Å². The van der Waals surface area contributed by atoms with Gasteiger partial charge in [-0.1, -0.05) is 5.11 Å². The van der Waals surface area contributed by atoms with Crippen LogP contribution >= 0.6 is 7.82 Å². The van der Waals surface area contributed by atoms with E-state index in [-0.39, 0.29) is 12.0 Å². The number of nitrogens with zero attached hydrogens (tertiary/aromatic N) is 4. The second kappa shape index (κ2) is 12.6.